The third-order valence-corrected chi connectivity index (χ3v) is 6.04. The van der Waals surface area contributed by atoms with Crippen molar-refractivity contribution >= 4 is 23.5 Å². The normalized spacial score (nSPS) is 19.3. The number of piperidine rings is 1. The van der Waals surface area contributed by atoms with Gasteiger partial charge in [0.1, 0.15) is 11.9 Å². The molecule has 2 fully saturated rings. The molecule has 1 saturated carbocycles. The summed E-state index contributed by atoms with van der Waals surface area (Å²) < 4.78 is 19.7. The van der Waals surface area contributed by atoms with Gasteiger partial charge in [-0.1, -0.05) is 11.2 Å². The quantitative estimate of drug-likeness (QED) is 0.627. The number of likely N-dealkylation sites (tertiary alicyclic amines) is 1. The first-order valence-electron chi connectivity index (χ1n) is 11.7. The van der Waals surface area contributed by atoms with Gasteiger partial charge in [-0.2, -0.15) is 0 Å². The molecule has 0 unspecified atom stereocenters. The van der Waals surface area contributed by atoms with Crippen molar-refractivity contribution in [3.63, 3.8) is 0 Å². The largest absolute Gasteiger partial charge is 0.447 e. The van der Waals surface area contributed by atoms with Crippen molar-refractivity contribution < 1.29 is 23.6 Å². The molecule has 2 aliphatic rings. The summed E-state index contributed by atoms with van der Waals surface area (Å²) in [4.78, 5) is 32.6. The molecule has 9 heteroatoms. The SMILES string of the molecule is CC(C)OC(=O)N1CCC(ON=C2CCC(c3ccc(NC(=O)N(C)C)c(F)c3)CC2)CC1. The summed E-state index contributed by atoms with van der Waals surface area (Å²) in [6, 6.07) is 4.67. The number of hydrogen-bond donors (Lipinski definition) is 1. The molecule has 1 aliphatic heterocycles. The second kappa shape index (κ2) is 11.3. The molecule has 0 radical (unpaired) electrons. The average Bonchev–Trinajstić information content (AvgIpc) is 2.79. The van der Waals surface area contributed by atoms with Crippen molar-refractivity contribution in [2.24, 2.45) is 5.16 Å². The molecule has 1 aliphatic carbocycles. The van der Waals surface area contributed by atoms with Gasteiger partial charge in [0.2, 0.25) is 0 Å². The highest BCUT2D eigenvalue weighted by Crippen LogP contribution is 2.33. The minimum atomic E-state index is -0.422. The summed E-state index contributed by atoms with van der Waals surface area (Å²) in [6.45, 7) is 4.91. The van der Waals surface area contributed by atoms with E-state index in [-0.39, 0.29) is 35.9 Å². The van der Waals surface area contributed by atoms with E-state index in [0.717, 1.165) is 49.8 Å². The van der Waals surface area contributed by atoms with Crippen molar-refractivity contribution in [3.8, 4) is 0 Å². The van der Waals surface area contributed by atoms with Gasteiger partial charge >= 0.3 is 12.1 Å². The average molecular weight is 463 g/mol. The fraction of sp³-hybridized carbons (Fsp3) is 0.625. The first kappa shape index (κ1) is 24.8. The summed E-state index contributed by atoms with van der Waals surface area (Å²) >= 11 is 0. The Morgan fingerprint density at radius 3 is 2.39 bits per heavy atom. The molecule has 8 nitrogen and oxygen atoms in total. The van der Waals surface area contributed by atoms with Crippen molar-refractivity contribution in [3.05, 3.63) is 29.6 Å². The summed E-state index contributed by atoms with van der Waals surface area (Å²) in [6.07, 6.45) is 4.48. The van der Waals surface area contributed by atoms with E-state index >= 15 is 0 Å². The number of urea groups is 1. The molecule has 1 aromatic carbocycles. The van der Waals surface area contributed by atoms with Crippen LogP contribution in [0.3, 0.4) is 0 Å². The maximum atomic E-state index is 14.5. The molecule has 3 rings (SSSR count). The third kappa shape index (κ3) is 7.07. The number of ether oxygens (including phenoxy) is 1. The first-order valence-corrected chi connectivity index (χ1v) is 11.7. The Labute approximate surface area is 195 Å². The molecule has 0 atom stereocenters. The summed E-state index contributed by atoms with van der Waals surface area (Å²) in [5, 5.41) is 6.95. The lowest BCUT2D eigenvalue weighted by atomic mass is 9.83. The van der Waals surface area contributed by atoms with Gasteiger partial charge in [-0.05, 0) is 63.1 Å². The zero-order chi connectivity index (χ0) is 24.0. The number of nitrogens with one attached hydrogen (secondary N) is 1. The predicted molar refractivity (Wildman–Crippen MR) is 125 cm³/mol. The molecule has 0 spiro atoms. The van der Waals surface area contributed by atoms with E-state index in [1.807, 2.05) is 19.9 Å². The predicted octanol–water partition coefficient (Wildman–Crippen LogP) is 4.96. The van der Waals surface area contributed by atoms with Gasteiger partial charge < -0.3 is 24.7 Å². The van der Waals surface area contributed by atoms with Crippen molar-refractivity contribution in [2.75, 3.05) is 32.5 Å². The Kier molecular flexibility index (Phi) is 8.52. The minimum Gasteiger partial charge on any atom is -0.447 e. The number of nitrogens with zero attached hydrogens (tertiary/aromatic N) is 3. The van der Waals surface area contributed by atoms with E-state index in [1.54, 1.807) is 25.1 Å². The van der Waals surface area contributed by atoms with Gasteiger partial charge in [0.25, 0.3) is 0 Å². The lowest BCUT2D eigenvalue weighted by Gasteiger charge is -2.31. The molecular weight excluding hydrogens is 427 g/mol. The lowest BCUT2D eigenvalue weighted by Crippen LogP contribution is -2.41. The molecule has 1 heterocycles. The highest BCUT2D eigenvalue weighted by Gasteiger charge is 2.26. The van der Waals surface area contributed by atoms with Gasteiger partial charge in [-0.25, -0.2) is 14.0 Å². The van der Waals surface area contributed by atoms with Crippen LogP contribution in [0.1, 0.15) is 63.9 Å². The number of halogens is 1. The monoisotopic (exact) mass is 462 g/mol. The molecule has 33 heavy (non-hydrogen) atoms. The van der Waals surface area contributed by atoms with E-state index < -0.39 is 5.82 Å². The standard InChI is InChI=1S/C24H35FN4O4/c1-16(2)32-24(31)29-13-11-20(12-14-29)33-27-19-8-5-17(6-9-19)18-7-10-22(21(25)15-18)26-23(30)28(3)4/h7,10,15-17,20H,5-6,8-9,11-14H2,1-4H3,(H,26,30). The van der Waals surface area contributed by atoms with Crippen LogP contribution in [0, 0.1) is 5.82 Å². The van der Waals surface area contributed by atoms with Crippen molar-refractivity contribution in [1.82, 2.24) is 9.80 Å². The highest BCUT2D eigenvalue weighted by molar-refractivity contribution is 5.89. The number of amides is 3. The number of oxime groups is 1. The van der Waals surface area contributed by atoms with Gasteiger partial charge in [0.15, 0.2) is 0 Å². The minimum absolute atomic E-state index is 0.0114. The lowest BCUT2D eigenvalue weighted by molar-refractivity contribution is 0.00403. The Morgan fingerprint density at radius 2 is 1.82 bits per heavy atom. The Hall–Kier alpha value is -2.84. The summed E-state index contributed by atoms with van der Waals surface area (Å²) in [7, 11) is 3.22. The highest BCUT2D eigenvalue weighted by atomic mass is 19.1. The van der Waals surface area contributed by atoms with Crippen LogP contribution in [0.2, 0.25) is 0 Å². The molecule has 1 saturated heterocycles. The van der Waals surface area contributed by atoms with Crippen molar-refractivity contribution in [2.45, 2.75) is 70.5 Å². The van der Waals surface area contributed by atoms with E-state index in [9.17, 15) is 14.0 Å². The van der Waals surface area contributed by atoms with Crippen LogP contribution in [-0.4, -0.2) is 67.0 Å². The molecule has 0 bridgehead atoms. The Morgan fingerprint density at radius 1 is 1.15 bits per heavy atom. The molecule has 182 valence electrons. The number of carbonyl (C=O) groups excluding carboxylic acids is 2. The van der Waals surface area contributed by atoms with Gasteiger partial charge in [-0.15, -0.1) is 0 Å². The number of hydrogen-bond acceptors (Lipinski definition) is 5. The van der Waals surface area contributed by atoms with Crippen LogP contribution in [0.4, 0.5) is 19.7 Å². The fourth-order valence-electron chi connectivity index (χ4n) is 4.06. The maximum Gasteiger partial charge on any atom is 0.410 e. The first-order chi connectivity index (χ1) is 15.7. The zero-order valence-corrected chi connectivity index (χ0v) is 20.0. The summed E-state index contributed by atoms with van der Waals surface area (Å²) in [5.74, 6) is -0.165. The Balaban J connectivity index is 1.44. The maximum absolute atomic E-state index is 14.5. The molecular formula is C24H35FN4O4. The second-order valence-electron chi connectivity index (χ2n) is 9.22. The number of carbonyl (C=O) groups is 2. The topological polar surface area (TPSA) is 83.5 Å². The van der Waals surface area contributed by atoms with Crippen LogP contribution >= 0.6 is 0 Å². The van der Waals surface area contributed by atoms with E-state index in [1.165, 1.54) is 11.0 Å². The Bertz CT molecular complexity index is 856. The van der Waals surface area contributed by atoms with E-state index in [4.69, 9.17) is 9.57 Å². The van der Waals surface area contributed by atoms with Crippen LogP contribution in [0.15, 0.2) is 23.4 Å². The zero-order valence-electron chi connectivity index (χ0n) is 20.0. The number of anilines is 1. The van der Waals surface area contributed by atoms with Crippen LogP contribution in [0.5, 0.6) is 0 Å². The van der Waals surface area contributed by atoms with Gasteiger partial charge in [0.05, 0.1) is 17.5 Å². The van der Waals surface area contributed by atoms with Crippen LogP contribution in [-0.2, 0) is 9.57 Å². The second-order valence-corrected chi connectivity index (χ2v) is 9.22. The molecule has 1 N–H and O–H groups in total. The van der Waals surface area contributed by atoms with Gasteiger partial charge in [-0.3, -0.25) is 0 Å². The molecule has 1 aromatic rings. The molecule has 0 aromatic heterocycles. The van der Waals surface area contributed by atoms with Crippen LogP contribution < -0.4 is 5.32 Å². The summed E-state index contributed by atoms with van der Waals surface area (Å²) in [5.41, 5.74) is 2.16. The van der Waals surface area contributed by atoms with E-state index in [0.29, 0.717) is 13.1 Å². The third-order valence-electron chi connectivity index (χ3n) is 6.04. The smallest absolute Gasteiger partial charge is 0.410 e. The number of benzene rings is 1. The number of rotatable bonds is 5. The fourth-order valence-corrected chi connectivity index (χ4v) is 4.06. The van der Waals surface area contributed by atoms with Crippen molar-refractivity contribution in [1.29, 1.82) is 0 Å². The van der Waals surface area contributed by atoms with Crippen LogP contribution in [0.25, 0.3) is 0 Å². The molecule has 3 amide bonds. The van der Waals surface area contributed by atoms with Gasteiger partial charge in [0, 0.05) is 40.0 Å². The van der Waals surface area contributed by atoms with E-state index in [2.05, 4.69) is 10.5 Å².